The number of hydrogen-bond acceptors (Lipinski definition) is 4. The Kier molecular flexibility index (Phi) is 4.16. The van der Waals surface area contributed by atoms with Gasteiger partial charge in [0.25, 0.3) is 0 Å². The zero-order chi connectivity index (χ0) is 9.78. The molecule has 5 nitrogen and oxygen atoms in total. The van der Waals surface area contributed by atoms with Crippen LogP contribution >= 0.6 is 0 Å². The van der Waals surface area contributed by atoms with Gasteiger partial charge in [0.1, 0.15) is 0 Å². The molecule has 0 aliphatic heterocycles. The Morgan fingerprint density at radius 1 is 1.50 bits per heavy atom. The maximum Gasteiger partial charge on any atom is 0.234 e. The maximum atomic E-state index is 10.5. The molecule has 1 atom stereocenters. The first-order chi connectivity index (χ1) is 5.45. The molecule has 1 amide bonds. The first kappa shape index (κ1) is 11.4. The molecule has 0 aliphatic carbocycles. The van der Waals surface area contributed by atoms with Crippen LogP contribution in [0.3, 0.4) is 0 Å². The zero-order valence-electron chi connectivity index (χ0n) is 7.16. The highest BCUT2D eigenvalue weighted by Gasteiger charge is 2.27. The van der Waals surface area contributed by atoms with Crippen LogP contribution in [0.15, 0.2) is 0 Å². The van der Waals surface area contributed by atoms with E-state index >= 15 is 0 Å². The molecule has 0 radical (unpaired) electrons. The van der Waals surface area contributed by atoms with Crippen LogP contribution in [-0.4, -0.2) is 35.4 Å². The molecule has 12 heavy (non-hydrogen) atoms. The van der Waals surface area contributed by atoms with Crippen LogP contribution in [0, 0.1) is 5.41 Å². The van der Waals surface area contributed by atoms with Crippen molar-refractivity contribution in [2.24, 2.45) is 16.9 Å². The molecular formula is C7H16N2O3. The number of carbonyl (C=O) groups excluding carboxylic acids is 1. The van der Waals surface area contributed by atoms with E-state index in [0.717, 1.165) is 0 Å². The molecule has 0 aromatic carbocycles. The number of primary amides is 1. The Morgan fingerprint density at radius 3 is 2.17 bits per heavy atom. The number of aliphatic hydroxyl groups excluding tert-OH is 2. The standard InChI is InChI=1S/C7H16N2O3/c1-7(3-10,4-11)2-5(8)6(9)12/h5,10-11H,2-4,8H2,1H3,(H2,9,12). The van der Waals surface area contributed by atoms with E-state index in [-0.39, 0.29) is 19.6 Å². The summed E-state index contributed by atoms with van der Waals surface area (Å²) in [4.78, 5) is 10.5. The first-order valence-corrected chi connectivity index (χ1v) is 3.72. The number of carbonyl (C=O) groups is 1. The van der Waals surface area contributed by atoms with Crippen molar-refractivity contribution in [1.29, 1.82) is 0 Å². The molecule has 0 bridgehead atoms. The third kappa shape index (κ3) is 3.17. The predicted octanol–water partition coefficient (Wildman–Crippen LogP) is -1.82. The Balaban J connectivity index is 4.11. The van der Waals surface area contributed by atoms with E-state index in [9.17, 15) is 4.79 Å². The Bertz CT molecular complexity index is 157. The molecule has 0 aromatic heterocycles. The molecule has 72 valence electrons. The molecule has 0 spiro atoms. The van der Waals surface area contributed by atoms with Gasteiger partial charge in [-0.15, -0.1) is 0 Å². The molecule has 0 saturated heterocycles. The second-order valence-corrected chi connectivity index (χ2v) is 3.34. The molecule has 5 heteroatoms. The molecule has 6 N–H and O–H groups in total. The van der Waals surface area contributed by atoms with Crippen molar-refractivity contribution >= 4 is 5.91 Å². The number of rotatable bonds is 5. The van der Waals surface area contributed by atoms with Crippen molar-refractivity contribution in [3.8, 4) is 0 Å². The number of aliphatic hydroxyl groups is 2. The lowest BCUT2D eigenvalue weighted by Crippen LogP contribution is -2.42. The second kappa shape index (κ2) is 4.39. The van der Waals surface area contributed by atoms with Gasteiger partial charge in [-0.3, -0.25) is 4.79 Å². The highest BCUT2D eigenvalue weighted by Crippen LogP contribution is 2.20. The van der Waals surface area contributed by atoms with Crippen LogP contribution in [0.5, 0.6) is 0 Å². The van der Waals surface area contributed by atoms with E-state index in [2.05, 4.69) is 0 Å². The summed E-state index contributed by atoms with van der Waals surface area (Å²) in [6, 6.07) is -0.811. The molecule has 0 rings (SSSR count). The topological polar surface area (TPSA) is 110 Å². The van der Waals surface area contributed by atoms with E-state index < -0.39 is 17.4 Å². The predicted molar refractivity (Wildman–Crippen MR) is 44.1 cm³/mol. The van der Waals surface area contributed by atoms with E-state index in [1.54, 1.807) is 6.92 Å². The van der Waals surface area contributed by atoms with Crippen molar-refractivity contribution in [2.45, 2.75) is 19.4 Å². The fourth-order valence-electron chi connectivity index (χ4n) is 0.811. The van der Waals surface area contributed by atoms with Gasteiger partial charge in [0.2, 0.25) is 5.91 Å². The quantitative estimate of drug-likeness (QED) is 0.395. The Morgan fingerprint density at radius 2 is 1.92 bits per heavy atom. The van der Waals surface area contributed by atoms with Crippen molar-refractivity contribution in [1.82, 2.24) is 0 Å². The number of nitrogens with two attached hydrogens (primary N) is 2. The van der Waals surface area contributed by atoms with Gasteiger partial charge >= 0.3 is 0 Å². The number of amides is 1. The fraction of sp³-hybridized carbons (Fsp3) is 0.857. The van der Waals surface area contributed by atoms with E-state index in [1.807, 2.05) is 0 Å². The summed E-state index contributed by atoms with van der Waals surface area (Å²) >= 11 is 0. The highest BCUT2D eigenvalue weighted by molar-refractivity contribution is 5.79. The lowest BCUT2D eigenvalue weighted by molar-refractivity contribution is -0.120. The molecule has 0 aliphatic rings. The summed E-state index contributed by atoms with van der Waals surface area (Å²) < 4.78 is 0. The minimum atomic E-state index is -0.811. The molecule has 1 unspecified atom stereocenters. The van der Waals surface area contributed by atoms with Gasteiger partial charge in [-0.2, -0.15) is 0 Å². The number of hydrogen-bond donors (Lipinski definition) is 4. The average Bonchev–Trinajstić information content (AvgIpc) is 2.04. The summed E-state index contributed by atoms with van der Waals surface area (Å²) in [5.74, 6) is -0.622. The highest BCUT2D eigenvalue weighted by atomic mass is 16.3. The van der Waals surface area contributed by atoms with Gasteiger partial charge in [0, 0.05) is 5.41 Å². The van der Waals surface area contributed by atoms with Crippen molar-refractivity contribution in [3.63, 3.8) is 0 Å². The normalized spacial score (nSPS) is 14.3. The van der Waals surface area contributed by atoms with Gasteiger partial charge < -0.3 is 21.7 Å². The van der Waals surface area contributed by atoms with Gasteiger partial charge in [0.15, 0.2) is 0 Å². The van der Waals surface area contributed by atoms with Crippen LogP contribution in [0.1, 0.15) is 13.3 Å². The van der Waals surface area contributed by atoms with Gasteiger partial charge in [-0.1, -0.05) is 6.92 Å². The lowest BCUT2D eigenvalue weighted by Gasteiger charge is -2.26. The molecule has 0 saturated carbocycles. The fourth-order valence-corrected chi connectivity index (χ4v) is 0.811. The zero-order valence-corrected chi connectivity index (χ0v) is 7.16. The summed E-state index contributed by atoms with van der Waals surface area (Å²) in [6.07, 6.45) is 0.190. The van der Waals surface area contributed by atoms with Crippen molar-refractivity contribution in [2.75, 3.05) is 13.2 Å². The SMILES string of the molecule is CC(CO)(CO)CC(N)C(N)=O. The second-order valence-electron chi connectivity index (χ2n) is 3.34. The van der Waals surface area contributed by atoms with Crippen LogP contribution in [-0.2, 0) is 4.79 Å². The summed E-state index contributed by atoms with van der Waals surface area (Å²) in [5, 5.41) is 17.7. The van der Waals surface area contributed by atoms with Crippen LogP contribution in [0.4, 0.5) is 0 Å². The molecule has 0 heterocycles. The van der Waals surface area contributed by atoms with Crippen LogP contribution in [0.2, 0.25) is 0 Å². The molecule has 0 aromatic rings. The summed E-state index contributed by atoms with van der Waals surface area (Å²) in [6.45, 7) is 1.20. The summed E-state index contributed by atoms with van der Waals surface area (Å²) in [7, 11) is 0. The van der Waals surface area contributed by atoms with E-state index in [0.29, 0.717) is 0 Å². The average molecular weight is 176 g/mol. The Hall–Kier alpha value is -0.650. The smallest absolute Gasteiger partial charge is 0.234 e. The molecule has 0 fully saturated rings. The first-order valence-electron chi connectivity index (χ1n) is 3.72. The van der Waals surface area contributed by atoms with Crippen molar-refractivity contribution < 1.29 is 15.0 Å². The Labute approximate surface area is 71.4 Å². The maximum absolute atomic E-state index is 10.5. The monoisotopic (exact) mass is 176 g/mol. The van der Waals surface area contributed by atoms with Gasteiger partial charge in [-0.05, 0) is 6.42 Å². The molecular weight excluding hydrogens is 160 g/mol. The minimum Gasteiger partial charge on any atom is -0.396 e. The van der Waals surface area contributed by atoms with E-state index in [4.69, 9.17) is 21.7 Å². The third-order valence-electron chi connectivity index (χ3n) is 1.84. The minimum absolute atomic E-state index is 0.190. The lowest BCUT2D eigenvalue weighted by atomic mass is 9.85. The van der Waals surface area contributed by atoms with E-state index in [1.165, 1.54) is 0 Å². The van der Waals surface area contributed by atoms with Gasteiger partial charge in [0.05, 0.1) is 19.3 Å². The van der Waals surface area contributed by atoms with Crippen LogP contribution in [0.25, 0.3) is 0 Å². The van der Waals surface area contributed by atoms with Gasteiger partial charge in [-0.25, -0.2) is 0 Å². The third-order valence-corrected chi connectivity index (χ3v) is 1.84. The van der Waals surface area contributed by atoms with Crippen LogP contribution < -0.4 is 11.5 Å². The largest absolute Gasteiger partial charge is 0.396 e. The van der Waals surface area contributed by atoms with Crippen molar-refractivity contribution in [3.05, 3.63) is 0 Å². The summed E-state index contributed by atoms with van der Waals surface area (Å²) in [5.41, 5.74) is 9.55.